The van der Waals surface area contributed by atoms with Crippen LogP contribution in [-0.4, -0.2) is 21.4 Å². The minimum absolute atomic E-state index is 0.512. The first-order chi connectivity index (χ1) is 9.17. The molecular formula is C15H18ClN3. The van der Waals surface area contributed by atoms with E-state index >= 15 is 0 Å². The number of rotatable bonds is 5. The molecule has 0 aliphatic carbocycles. The Morgan fingerprint density at radius 3 is 2.47 bits per heavy atom. The van der Waals surface area contributed by atoms with Gasteiger partial charge in [-0.05, 0) is 25.1 Å². The number of nitrogens with zero attached hydrogens (tertiary/aromatic N) is 3. The molecular weight excluding hydrogens is 258 g/mol. The smallest absolute Gasteiger partial charge is 0.144 e. The van der Waals surface area contributed by atoms with Gasteiger partial charge in [-0.2, -0.15) is 0 Å². The number of hydrogen-bond acceptors (Lipinski definition) is 3. The summed E-state index contributed by atoms with van der Waals surface area (Å²) in [6.07, 6.45) is 0. The van der Waals surface area contributed by atoms with E-state index in [9.17, 15) is 0 Å². The normalized spacial score (nSPS) is 10.9. The van der Waals surface area contributed by atoms with Crippen molar-refractivity contribution in [3.05, 3.63) is 58.6 Å². The highest BCUT2D eigenvalue weighted by atomic mass is 35.5. The van der Waals surface area contributed by atoms with Crippen LogP contribution in [0, 0.1) is 6.92 Å². The van der Waals surface area contributed by atoms with E-state index < -0.39 is 0 Å². The minimum Gasteiger partial charge on any atom is -0.292 e. The predicted octanol–water partition coefficient (Wildman–Crippen LogP) is 3.46. The van der Waals surface area contributed by atoms with Crippen molar-refractivity contribution < 1.29 is 0 Å². The van der Waals surface area contributed by atoms with E-state index in [2.05, 4.69) is 46.1 Å². The minimum atomic E-state index is 0.512. The molecule has 0 amide bonds. The van der Waals surface area contributed by atoms with E-state index in [0.717, 1.165) is 24.6 Å². The van der Waals surface area contributed by atoms with E-state index in [0.29, 0.717) is 11.7 Å². The molecule has 0 unspecified atom stereocenters. The average Bonchev–Trinajstić information content (AvgIpc) is 2.38. The van der Waals surface area contributed by atoms with E-state index in [-0.39, 0.29) is 0 Å². The Morgan fingerprint density at radius 2 is 1.84 bits per heavy atom. The Hall–Kier alpha value is -1.45. The number of aromatic nitrogens is 2. The highest BCUT2D eigenvalue weighted by Crippen LogP contribution is 2.10. The fourth-order valence-electron chi connectivity index (χ4n) is 1.98. The van der Waals surface area contributed by atoms with Crippen LogP contribution in [0.3, 0.4) is 0 Å². The van der Waals surface area contributed by atoms with Crippen LogP contribution in [0.5, 0.6) is 0 Å². The van der Waals surface area contributed by atoms with Crippen molar-refractivity contribution in [1.82, 2.24) is 14.9 Å². The summed E-state index contributed by atoms with van der Waals surface area (Å²) in [7, 11) is 0. The number of halogens is 1. The summed E-state index contributed by atoms with van der Waals surface area (Å²) in [5.41, 5.74) is 2.20. The fourth-order valence-corrected chi connectivity index (χ4v) is 2.24. The SMILES string of the molecule is CCN(Cc1ccccc1)Cc1nc(C)cc(Cl)n1. The lowest BCUT2D eigenvalue weighted by Gasteiger charge is -2.19. The second-order valence-corrected chi connectivity index (χ2v) is 4.92. The van der Waals surface area contributed by atoms with E-state index in [4.69, 9.17) is 11.6 Å². The lowest BCUT2D eigenvalue weighted by Crippen LogP contribution is -2.23. The largest absolute Gasteiger partial charge is 0.292 e. The monoisotopic (exact) mass is 275 g/mol. The Labute approximate surface area is 119 Å². The molecule has 1 heterocycles. The van der Waals surface area contributed by atoms with E-state index in [1.807, 2.05) is 13.0 Å². The maximum Gasteiger partial charge on any atom is 0.144 e. The number of aryl methyl sites for hydroxylation is 1. The molecule has 2 rings (SSSR count). The summed E-state index contributed by atoms with van der Waals surface area (Å²) in [5, 5.41) is 0.512. The summed E-state index contributed by atoms with van der Waals surface area (Å²) in [4.78, 5) is 11.0. The fraction of sp³-hybridized carbons (Fsp3) is 0.333. The van der Waals surface area contributed by atoms with Crippen LogP contribution in [0.2, 0.25) is 5.15 Å². The molecule has 19 heavy (non-hydrogen) atoms. The first-order valence-electron chi connectivity index (χ1n) is 6.43. The van der Waals surface area contributed by atoms with Crippen LogP contribution >= 0.6 is 11.6 Å². The van der Waals surface area contributed by atoms with Gasteiger partial charge in [0, 0.05) is 12.2 Å². The topological polar surface area (TPSA) is 29.0 Å². The summed E-state index contributed by atoms with van der Waals surface area (Å²) in [6, 6.07) is 12.2. The first-order valence-corrected chi connectivity index (χ1v) is 6.81. The van der Waals surface area contributed by atoms with Crippen molar-refractivity contribution in [2.45, 2.75) is 26.9 Å². The van der Waals surface area contributed by atoms with Gasteiger partial charge in [0.15, 0.2) is 0 Å². The van der Waals surface area contributed by atoms with Crippen LogP contribution in [0.1, 0.15) is 24.0 Å². The van der Waals surface area contributed by atoms with Crippen molar-refractivity contribution in [2.24, 2.45) is 0 Å². The molecule has 0 N–H and O–H groups in total. The third-order valence-corrected chi connectivity index (χ3v) is 3.12. The molecule has 0 fully saturated rings. The Morgan fingerprint density at radius 1 is 1.11 bits per heavy atom. The molecule has 0 aliphatic heterocycles. The van der Waals surface area contributed by atoms with Gasteiger partial charge in [-0.15, -0.1) is 0 Å². The quantitative estimate of drug-likeness (QED) is 0.783. The van der Waals surface area contributed by atoms with Crippen LogP contribution in [0.25, 0.3) is 0 Å². The maximum atomic E-state index is 5.97. The highest BCUT2D eigenvalue weighted by Gasteiger charge is 2.08. The molecule has 0 atom stereocenters. The number of benzene rings is 1. The second kappa shape index (κ2) is 6.64. The van der Waals surface area contributed by atoms with Crippen LogP contribution < -0.4 is 0 Å². The molecule has 0 aliphatic rings. The van der Waals surface area contributed by atoms with Crippen molar-refractivity contribution in [1.29, 1.82) is 0 Å². The summed E-state index contributed by atoms with van der Waals surface area (Å²) >= 11 is 5.97. The third-order valence-electron chi connectivity index (χ3n) is 2.93. The number of hydrogen-bond donors (Lipinski definition) is 0. The maximum absolute atomic E-state index is 5.97. The molecule has 1 aromatic heterocycles. The molecule has 1 aromatic carbocycles. The van der Waals surface area contributed by atoms with Gasteiger partial charge in [0.25, 0.3) is 0 Å². The zero-order valence-electron chi connectivity index (χ0n) is 11.3. The van der Waals surface area contributed by atoms with Gasteiger partial charge in [0.2, 0.25) is 0 Å². The Bertz CT molecular complexity index is 508. The van der Waals surface area contributed by atoms with Gasteiger partial charge in [0.1, 0.15) is 11.0 Å². The second-order valence-electron chi connectivity index (χ2n) is 4.54. The Kier molecular flexibility index (Phi) is 4.88. The molecule has 0 saturated carbocycles. The molecule has 3 nitrogen and oxygen atoms in total. The molecule has 100 valence electrons. The van der Waals surface area contributed by atoms with E-state index in [1.165, 1.54) is 5.56 Å². The van der Waals surface area contributed by atoms with Gasteiger partial charge in [-0.25, -0.2) is 9.97 Å². The zero-order chi connectivity index (χ0) is 13.7. The van der Waals surface area contributed by atoms with Gasteiger partial charge >= 0.3 is 0 Å². The first kappa shape index (κ1) is 14.0. The van der Waals surface area contributed by atoms with Gasteiger partial charge in [0.05, 0.1) is 6.54 Å². The van der Waals surface area contributed by atoms with Crippen LogP contribution in [0.4, 0.5) is 0 Å². The summed E-state index contributed by atoms with van der Waals surface area (Å²) in [5.74, 6) is 0.780. The highest BCUT2D eigenvalue weighted by molar-refractivity contribution is 6.29. The molecule has 0 saturated heterocycles. The van der Waals surface area contributed by atoms with Crippen LogP contribution in [-0.2, 0) is 13.1 Å². The lowest BCUT2D eigenvalue weighted by atomic mass is 10.2. The van der Waals surface area contributed by atoms with Crippen molar-refractivity contribution in [3.8, 4) is 0 Å². The Balaban J connectivity index is 2.06. The standard InChI is InChI=1S/C15H18ClN3/c1-3-19(10-13-7-5-4-6-8-13)11-15-17-12(2)9-14(16)18-15/h4-9H,3,10-11H2,1-2H3. The molecule has 0 radical (unpaired) electrons. The molecule has 0 bridgehead atoms. The van der Waals surface area contributed by atoms with Crippen molar-refractivity contribution in [3.63, 3.8) is 0 Å². The van der Waals surface area contributed by atoms with E-state index in [1.54, 1.807) is 6.07 Å². The van der Waals surface area contributed by atoms with Gasteiger partial charge in [-0.1, -0.05) is 48.9 Å². The molecule has 4 heteroatoms. The predicted molar refractivity (Wildman–Crippen MR) is 78.0 cm³/mol. The van der Waals surface area contributed by atoms with Crippen molar-refractivity contribution in [2.75, 3.05) is 6.54 Å². The van der Waals surface area contributed by atoms with Gasteiger partial charge < -0.3 is 0 Å². The average molecular weight is 276 g/mol. The summed E-state index contributed by atoms with van der Waals surface area (Å²) < 4.78 is 0. The van der Waals surface area contributed by atoms with Crippen LogP contribution in [0.15, 0.2) is 36.4 Å². The van der Waals surface area contributed by atoms with Crippen molar-refractivity contribution >= 4 is 11.6 Å². The lowest BCUT2D eigenvalue weighted by molar-refractivity contribution is 0.264. The molecule has 2 aromatic rings. The summed E-state index contributed by atoms with van der Waals surface area (Å²) in [6.45, 7) is 6.63. The van der Waals surface area contributed by atoms with Gasteiger partial charge in [-0.3, -0.25) is 4.90 Å². The molecule has 0 spiro atoms. The third kappa shape index (κ3) is 4.30. The zero-order valence-corrected chi connectivity index (χ0v) is 12.1.